The van der Waals surface area contributed by atoms with Gasteiger partial charge in [0.05, 0.1) is 9.21 Å². The zero-order valence-corrected chi connectivity index (χ0v) is 16.5. The molecule has 0 unspecified atom stereocenters. The molecule has 1 aliphatic rings. The Bertz CT molecular complexity index is 639. The van der Waals surface area contributed by atoms with Gasteiger partial charge in [0.25, 0.3) is 5.91 Å². The van der Waals surface area contributed by atoms with E-state index in [1.165, 1.54) is 22.7 Å². The molecule has 0 radical (unpaired) electrons. The molecule has 1 fully saturated rings. The van der Waals surface area contributed by atoms with E-state index in [0.29, 0.717) is 11.7 Å². The molecule has 0 aromatic carbocycles. The molecule has 9 heteroatoms. The van der Waals surface area contributed by atoms with E-state index in [2.05, 4.69) is 10.3 Å². The van der Waals surface area contributed by atoms with Crippen LogP contribution in [-0.4, -0.2) is 42.0 Å². The third-order valence-corrected chi connectivity index (χ3v) is 5.94. The minimum absolute atomic E-state index is 0. The first-order chi connectivity index (χ1) is 10.2. The number of likely N-dealkylation sites (tertiary alicyclic amines) is 1. The van der Waals surface area contributed by atoms with Crippen LogP contribution in [0.5, 0.6) is 0 Å². The lowest BCUT2D eigenvalue weighted by molar-refractivity contribution is 0.0702. The summed E-state index contributed by atoms with van der Waals surface area (Å²) in [6, 6.07) is 4.32. The third-order valence-electron chi connectivity index (χ3n) is 3.70. The van der Waals surface area contributed by atoms with E-state index in [0.717, 1.165) is 40.2 Å². The van der Waals surface area contributed by atoms with Gasteiger partial charge in [-0.15, -0.1) is 47.5 Å². The third kappa shape index (κ3) is 4.81. The van der Waals surface area contributed by atoms with Gasteiger partial charge in [-0.05, 0) is 32.0 Å². The van der Waals surface area contributed by atoms with E-state index in [1.54, 1.807) is 0 Å². The van der Waals surface area contributed by atoms with E-state index in [9.17, 15) is 4.79 Å². The Morgan fingerprint density at radius 2 is 2.04 bits per heavy atom. The maximum absolute atomic E-state index is 12.5. The quantitative estimate of drug-likeness (QED) is 0.819. The summed E-state index contributed by atoms with van der Waals surface area (Å²) in [7, 11) is 1.97. The second-order valence-corrected chi connectivity index (χ2v) is 7.57. The fourth-order valence-corrected chi connectivity index (χ4v) is 4.36. The van der Waals surface area contributed by atoms with Crippen molar-refractivity contribution in [1.82, 2.24) is 15.2 Å². The first kappa shape index (κ1) is 20.7. The van der Waals surface area contributed by atoms with Crippen LogP contribution in [0.4, 0.5) is 0 Å². The first-order valence-corrected chi connectivity index (χ1v) is 8.92. The number of thiophene rings is 1. The summed E-state index contributed by atoms with van der Waals surface area (Å²) in [4.78, 5) is 19.9. The van der Waals surface area contributed by atoms with Crippen molar-refractivity contribution in [3.05, 3.63) is 27.5 Å². The molecular weight excluding hydrogens is 397 g/mol. The Kier molecular flexibility index (Phi) is 8.27. The minimum Gasteiger partial charge on any atom is -0.337 e. The summed E-state index contributed by atoms with van der Waals surface area (Å²) >= 11 is 8.92. The molecule has 3 rings (SSSR count). The fourth-order valence-electron chi connectivity index (χ4n) is 2.45. The van der Waals surface area contributed by atoms with Crippen molar-refractivity contribution in [1.29, 1.82) is 0 Å². The molecule has 23 heavy (non-hydrogen) atoms. The molecular formula is C14H18Cl3N3OS2. The molecule has 1 aliphatic heterocycles. The number of piperidine rings is 1. The van der Waals surface area contributed by atoms with E-state index in [1.807, 2.05) is 29.5 Å². The number of hydrogen-bond donors (Lipinski definition) is 1. The standard InChI is InChI=1S/C14H16ClN3OS2.2ClH/c1-16-9-4-6-18(7-5-9)14(19)10-8-20-13(17-10)11-2-3-12(15)21-11;;/h2-3,8-9,16H,4-7H2,1H3;2*1H. The highest BCUT2D eigenvalue weighted by atomic mass is 35.5. The monoisotopic (exact) mass is 413 g/mol. The van der Waals surface area contributed by atoms with Gasteiger partial charge < -0.3 is 10.2 Å². The summed E-state index contributed by atoms with van der Waals surface area (Å²) in [5.74, 6) is 0.0368. The van der Waals surface area contributed by atoms with Crippen LogP contribution in [0.1, 0.15) is 23.3 Å². The van der Waals surface area contributed by atoms with Gasteiger partial charge in [-0.1, -0.05) is 11.6 Å². The minimum atomic E-state index is 0. The number of carbonyl (C=O) groups is 1. The molecule has 0 saturated carbocycles. The first-order valence-electron chi connectivity index (χ1n) is 6.85. The van der Waals surface area contributed by atoms with Crippen molar-refractivity contribution in [2.24, 2.45) is 0 Å². The van der Waals surface area contributed by atoms with Gasteiger partial charge in [0, 0.05) is 24.5 Å². The predicted molar refractivity (Wildman–Crippen MR) is 103 cm³/mol. The molecule has 1 saturated heterocycles. The Hall–Kier alpha value is -0.370. The number of thiazole rings is 1. The summed E-state index contributed by atoms with van der Waals surface area (Å²) in [6.07, 6.45) is 2.00. The summed E-state index contributed by atoms with van der Waals surface area (Å²) in [6.45, 7) is 1.59. The van der Waals surface area contributed by atoms with Crippen LogP contribution in [0.2, 0.25) is 4.34 Å². The van der Waals surface area contributed by atoms with Crippen LogP contribution >= 0.6 is 59.1 Å². The maximum atomic E-state index is 12.5. The van der Waals surface area contributed by atoms with Crippen LogP contribution in [0.3, 0.4) is 0 Å². The van der Waals surface area contributed by atoms with Crippen LogP contribution in [0.25, 0.3) is 9.88 Å². The fraction of sp³-hybridized carbons (Fsp3) is 0.429. The van der Waals surface area contributed by atoms with Gasteiger partial charge in [-0.3, -0.25) is 4.79 Å². The Morgan fingerprint density at radius 3 is 2.61 bits per heavy atom. The summed E-state index contributed by atoms with van der Waals surface area (Å²) in [5, 5.41) is 5.97. The van der Waals surface area contributed by atoms with Crippen LogP contribution in [0, 0.1) is 0 Å². The number of nitrogens with zero attached hydrogens (tertiary/aromatic N) is 2. The van der Waals surface area contributed by atoms with Crippen LogP contribution in [-0.2, 0) is 0 Å². The number of nitrogens with one attached hydrogen (secondary N) is 1. The zero-order valence-electron chi connectivity index (χ0n) is 12.5. The van der Waals surface area contributed by atoms with Gasteiger partial charge in [0.1, 0.15) is 10.7 Å². The number of hydrogen-bond acceptors (Lipinski definition) is 5. The lowest BCUT2D eigenvalue weighted by Gasteiger charge is -2.31. The zero-order chi connectivity index (χ0) is 14.8. The molecule has 2 aromatic heterocycles. The second-order valence-electron chi connectivity index (χ2n) is 5.00. The van der Waals surface area contributed by atoms with E-state index in [4.69, 9.17) is 11.6 Å². The Balaban J connectivity index is 0.00000132. The van der Waals surface area contributed by atoms with Gasteiger partial charge in [0.15, 0.2) is 0 Å². The highest BCUT2D eigenvalue weighted by Gasteiger charge is 2.24. The van der Waals surface area contributed by atoms with Crippen LogP contribution in [0.15, 0.2) is 17.5 Å². The molecule has 0 atom stereocenters. The van der Waals surface area contributed by atoms with Crippen molar-refractivity contribution >= 4 is 65.0 Å². The maximum Gasteiger partial charge on any atom is 0.273 e. The number of halogens is 3. The average Bonchev–Trinajstić information content (AvgIpc) is 3.15. The molecule has 4 nitrogen and oxygen atoms in total. The highest BCUT2D eigenvalue weighted by Crippen LogP contribution is 2.33. The number of amides is 1. The van der Waals surface area contributed by atoms with Crippen LogP contribution < -0.4 is 5.32 Å². The Morgan fingerprint density at radius 1 is 1.35 bits per heavy atom. The second kappa shape index (κ2) is 9.20. The lowest BCUT2D eigenvalue weighted by Crippen LogP contribution is -2.44. The predicted octanol–water partition coefficient (Wildman–Crippen LogP) is 4.19. The largest absolute Gasteiger partial charge is 0.337 e. The molecule has 1 N–H and O–H groups in total. The van der Waals surface area contributed by atoms with E-state index < -0.39 is 0 Å². The molecule has 2 aromatic rings. The lowest BCUT2D eigenvalue weighted by atomic mass is 10.1. The molecule has 0 bridgehead atoms. The van der Waals surface area contributed by atoms with Crippen molar-refractivity contribution in [3.63, 3.8) is 0 Å². The SMILES string of the molecule is CNC1CCN(C(=O)c2csc(-c3ccc(Cl)s3)n2)CC1.Cl.Cl. The molecule has 3 heterocycles. The van der Waals surface area contributed by atoms with Gasteiger partial charge in [-0.2, -0.15) is 0 Å². The highest BCUT2D eigenvalue weighted by molar-refractivity contribution is 7.23. The summed E-state index contributed by atoms with van der Waals surface area (Å²) in [5.41, 5.74) is 0.544. The topological polar surface area (TPSA) is 45.2 Å². The number of aromatic nitrogens is 1. The number of carbonyl (C=O) groups excluding carboxylic acids is 1. The van der Waals surface area contributed by atoms with Crippen molar-refractivity contribution < 1.29 is 4.79 Å². The van der Waals surface area contributed by atoms with E-state index in [-0.39, 0.29) is 30.7 Å². The van der Waals surface area contributed by atoms with Gasteiger partial charge in [-0.25, -0.2) is 4.98 Å². The molecule has 0 spiro atoms. The van der Waals surface area contributed by atoms with Gasteiger partial charge in [0.2, 0.25) is 0 Å². The molecule has 0 aliphatic carbocycles. The average molecular weight is 415 g/mol. The number of rotatable bonds is 3. The van der Waals surface area contributed by atoms with Crippen molar-refractivity contribution in [3.8, 4) is 9.88 Å². The normalized spacial score (nSPS) is 15.0. The van der Waals surface area contributed by atoms with E-state index >= 15 is 0 Å². The smallest absolute Gasteiger partial charge is 0.273 e. The molecule has 1 amide bonds. The Labute approximate surface area is 161 Å². The molecule has 128 valence electrons. The van der Waals surface area contributed by atoms with Gasteiger partial charge >= 0.3 is 0 Å². The summed E-state index contributed by atoms with van der Waals surface area (Å²) < 4.78 is 0.738. The van der Waals surface area contributed by atoms with Crippen molar-refractivity contribution in [2.45, 2.75) is 18.9 Å². The van der Waals surface area contributed by atoms with Crippen molar-refractivity contribution in [2.75, 3.05) is 20.1 Å².